The molecule has 3 aromatic heterocycles. The molecule has 3 N–H and O–H groups in total. The van der Waals surface area contributed by atoms with Crippen LogP contribution in [0.5, 0.6) is 11.5 Å². The van der Waals surface area contributed by atoms with Crippen LogP contribution in [-0.4, -0.2) is 71.1 Å². The van der Waals surface area contributed by atoms with Crippen LogP contribution in [0.4, 0.5) is 23.1 Å². The van der Waals surface area contributed by atoms with Gasteiger partial charge in [0.25, 0.3) is 5.91 Å². The number of halogens is 2. The van der Waals surface area contributed by atoms with Gasteiger partial charge in [0.15, 0.2) is 5.82 Å². The number of aromatic nitrogens is 4. The van der Waals surface area contributed by atoms with Crippen LogP contribution < -0.4 is 25.4 Å². The quantitative estimate of drug-likeness (QED) is 0.158. The molecule has 4 rings (SSSR count). The number of nitrogens with zero attached hydrogens (tertiary/aromatic N) is 5. The van der Waals surface area contributed by atoms with E-state index in [2.05, 4.69) is 54.6 Å². The van der Waals surface area contributed by atoms with E-state index < -0.39 is 5.91 Å². The molecule has 0 fully saturated rings. The molecule has 0 unspecified atom stereocenters. The lowest BCUT2D eigenvalue weighted by Gasteiger charge is -2.17. The van der Waals surface area contributed by atoms with Crippen LogP contribution in [-0.2, 0) is 0 Å². The summed E-state index contributed by atoms with van der Waals surface area (Å²) in [7, 11) is 2.92. The first-order chi connectivity index (χ1) is 19.4. The molecule has 0 radical (unpaired) electrons. The molecule has 11 nitrogen and oxygen atoms in total. The van der Waals surface area contributed by atoms with Crippen molar-refractivity contribution >= 4 is 73.8 Å². The SMILES string of the molecule is CCN(CC)CCCNc1cc(Nc2ncnc3c(C(=O)Nc4c(Cl)c(OC)cc(OC)c4Cl)csc23)ncn1. The Balaban J connectivity index is 1.51. The summed E-state index contributed by atoms with van der Waals surface area (Å²) >= 11 is 14.2. The Labute approximate surface area is 246 Å². The molecule has 0 aliphatic rings. The van der Waals surface area contributed by atoms with Gasteiger partial charge in [0.2, 0.25) is 0 Å². The normalized spacial score (nSPS) is 11.1. The standard InChI is InChI=1S/C26H30Cl2N8O3S/c1-5-36(6-2)9-7-8-29-18-11-19(31-13-30-18)34-25-24-22(32-14-33-25)15(12-40-24)26(37)35-23-20(27)16(38-3)10-17(39-4)21(23)28/h10-14H,5-9H2,1-4H3,(H,35,37)(H2,29,30,31,32,33,34). The molecule has 1 amide bonds. The van der Waals surface area contributed by atoms with Gasteiger partial charge in [0.1, 0.15) is 45.8 Å². The Hall–Kier alpha value is -3.45. The molecular formula is C26H30Cl2N8O3S. The van der Waals surface area contributed by atoms with E-state index in [9.17, 15) is 4.79 Å². The third-order valence-electron chi connectivity index (χ3n) is 6.18. The highest BCUT2D eigenvalue weighted by atomic mass is 35.5. The van der Waals surface area contributed by atoms with Crippen molar-refractivity contribution in [1.82, 2.24) is 24.8 Å². The molecule has 0 aliphatic carbocycles. The van der Waals surface area contributed by atoms with Crippen molar-refractivity contribution in [2.24, 2.45) is 0 Å². The first-order valence-electron chi connectivity index (χ1n) is 12.6. The first-order valence-corrected chi connectivity index (χ1v) is 14.2. The van der Waals surface area contributed by atoms with Gasteiger partial charge >= 0.3 is 0 Å². The van der Waals surface area contributed by atoms with Crippen LogP contribution in [0.15, 0.2) is 30.2 Å². The lowest BCUT2D eigenvalue weighted by atomic mass is 10.2. The van der Waals surface area contributed by atoms with Gasteiger partial charge in [0, 0.05) is 24.1 Å². The van der Waals surface area contributed by atoms with E-state index in [4.69, 9.17) is 32.7 Å². The van der Waals surface area contributed by atoms with E-state index >= 15 is 0 Å². The van der Waals surface area contributed by atoms with Crippen LogP contribution in [0.2, 0.25) is 10.0 Å². The van der Waals surface area contributed by atoms with E-state index in [-0.39, 0.29) is 15.7 Å². The van der Waals surface area contributed by atoms with Crippen molar-refractivity contribution in [2.75, 3.05) is 56.3 Å². The molecule has 0 saturated heterocycles. The van der Waals surface area contributed by atoms with Crippen LogP contribution in [0.1, 0.15) is 30.6 Å². The number of benzene rings is 1. The van der Waals surface area contributed by atoms with Crippen molar-refractivity contribution in [3.63, 3.8) is 0 Å². The maximum atomic E-state index is 13.3. The highest BCUT2D eigenvalue weighted by molar-refractivity contribution is 7.18. The number of hydrogen-bond donors (Lipinski definition) is 3. The molecule has 0 atom stereocenters. The van der Waals surface area contributed by atoms with Crippen molar-refractivity contribution in [1.29, 1.82) is 0 Å². The van der Waals surface area contributed by atoms with E-state index in [1.807, 2.05) is 6.07 Å². The minimum atomic E-state index is -0.451. The molecule has 0 spiro atoms. The second-order valence-corrected chi connectivity index (χ2v) is 10.1. The second-order valence-electron chi connectivity index (χ2n) is 8.51. The highest BCUT2D eigenvalue weighted by Gasteiger charge is 2.22. The van der Waals surface area contributed by atoms with E-state index in [0.29, 0.717) is 44.7 Å². The minimum absolute atomic E-state index is 0.152. The summed E-state index contributed by atoms with van der Waals surface area (Å²) in [6, 6.07) is 3.36. The van der Waals surface area contributed by atoms with Gasteiger partial charge in [-0.05, 0) is 26.1 Å². The summed E-state index contributed by atoms with van der Waals surface area (Å²) in [5.41, 5.74) is 0.970. The largest absolute Gasteiger partial charge is 0.495 e. The number of ether oxygens (including phenoxy) is 2. The van der Waals surface area contributed by atoms with Gasteiger partial charge in [-0.15, -0.1) is 11.3 Å². The number of amides is 1. The maximum absolute atomic E-state index is 13.3. The number of fused-ring (bicyclic) bond motifs is 1. The molecule has 40 heavy (non-hydrogen) atoms. The zero-order valence-corrected chi connectivity index (χ0v) is 24.9. The summed E-state index contributed by atoms with van der Waals surface area (Å²) in [6.45, 7) is 8.21. The number of thiophene rings is 1. The van der Waals surface area contributed by atoms with Crippen molar-refractivity contribution < 1.29 is 14.3 Å². The van der Waals surface area contributed by atoms with Gasteiger partial charge in [-0.3, -0.25) is 4.79 Å². The molecule has 4 aromatic rings. The summed E-state index contributed by atoms with van der Waals surface area (Å²) in [6.07, 6.45) is 3.87. The van der Waals surface area contributed by atoms with Crippen LogP contribution in [0.3, 0.4) is 0 Å². The van der Waals surface area contributed by atoms with Gasteiger partial charge in [-0.1, -0.05) is 37.0 Å². The predicted octanol–water partition coefficient (Wildman–Crippen LogP) is 5.95. The Kier molecular flexibility index (Phi) is 10.2. The molecule has 212 valence electrons. The summed E-state index contributed by atoms with van der Waals surface area (Å²) < 4.78 is 11.3. The third kappa shape index (κ3) is 6.64. The van der Waals surface area contributed by atoms with Gasteiger partial charge in [-0.2, -0.15) is 0 Å². The van der Waals surface area contributed by atoms with E-state index in [1.165, 1.54) is 38.2 Å². The zero-order valence-electron chi connectivity index (χ0n) is 22.5. The van der Waals surface area contributed by atoms with Gasteiger partial charge < -0.3 is 30.3 Å². The lowest BCUT2D eigenvalue weighted by Crippen LogP contribution is -2.25. The van der Waals surface area contributed by atoms with E-state index in [0.717, 1.165) is 32.6 Å². The Morgan fingerprint density at radius 1 is 0.975 bits per heavy atom. The number of hydrogen-bond acceptors (Lipinski definition) is 11. The Morgan fingerprint density at radius 3 is 2.33 bits per heavy atom. The smallest absolute Gasteiger partial charge is 0.258 e. The molecule has 14 heteroatoms. The van der Waals surface area contributed by atoms with Crippen LogP contribution in [0, 0.1) is 0 Å². The number of anilines is 4. The number of carbonyl (C=O) groups excluding carboxylic acids is 1. The highest BCUT2D eigenvalue weighted by Crippen LogP contribution is 2.44. The maximum Gasteiger partial charge on any atom is 0.258 e. The average Bonchev–Trinajstić information content (AvgIpc) is 3.41. The third-order valence-corrected chi connectivity index (χ3v) is 7.90. The monoisotopic (exact) mass is 604 g/mol. The van der Waals surface area contributed by atoms with Crippen molar-refractivity contribution in [3.8, 4) is 11.5 Å². The average molecular weight is 606 g/mol. The minimum Gasteiger partial charge on any atom is -0.495 e. The molecule has 0 saturated carbocycles. The van der Waals surface area contributed by atoms with Gasteiger partial charge in [0.05, 0.1) is 35.7 Å². The summed E-state index contributed by atoms with van der Waals surface area (Å²) in [5, 5.41) is 11.3. The molecule has 3 heterocycles. The Bertz CT molecular complexity index is 1450. The summed E-state index contributed by atoms with van der Waals surface area (Å²) in [5.74, 6) is 1.95. The molecule has 0 bridgehead atoms. The van der Waals surface area contributed by atoms with Crippen LogP contribution >= 0.6 is 34.5 Å². The fraction of sp³-hybridized carbons (Fsp3) is 0.346. The number of carbonyl (C=O) groups is 1. The fourth-order valence-electron chi connectivity index (χ4n) is 3.98. The molecule has 0 aliphatic heterocycles. The summed E-state index contributed by atoms with van der Waals surface area (Å²) in [4.78, 5) is 33.0. The van der Waals surface area contributed by atoms with Crippen LogP contribution in [0.25, 0.3) is 10.2 Å². The van der Waals surface area contributed by atoms with E-state index in [1.54, 1.807) is 11.4 Å². The van der Waals surface area contributed by atoms with Crippen molar-refractivity contribution in [2.45, 2.75) is 20.3 Å². The zero-order chi connectivity index (χ0) is 28.6. The predicted molar refractivity (Wildman–Crippen MR) is 161 cm³/mol. The first kappa shape index (κ1) is 29.5. The Morgan fingerprint density at radius 2 is 1.65 bits per heavy atom. The molecule has 1 aromatic carbocycles. The number of methoxy groups -OCH3 is 2. The fourth-order valence-corrected chi connectivity index (χ4v) is 5.52. The number of rotatable bonds is 13. The second kappa shape index (κ2) is 13.8. The number of nitrogens with one attached hydrogen (secondary N) is 3. The molecular weight excluding hydrogens is 575 g/mol. The lowest BCUT2D eigenvalue weighted by molar-refractivity contribution is 0.102. The van der Waals surface area contributed by atoms with Gasteiger partial charge in [-0.25, -0.2) is 19.9 Å². The topological polar surface area (TPSA) is 126 Å². The van der Waals surface area contributed by atoms with Crippen molar-refractivity contribution in [3.05, 3.63) is 45.8 Å².